The van der Waals surface area contributed by atoms with Crippen LogP contribution < -0.4 is 5.32 Å². The fraction of sp³-hybridized carbons (Fsp3) is 0.700. The van der Waals surface area contributed by atoms with Gasteiger partial charge in [-0.3, -0.25) is 10.1 Å². The van der Waals surface area contributed by atoms with Crippen molar-refractivity contribution in [1.82, 2.24) is 10.2 Å². The molecule has 0 aromatic carbocycles. The van der Waals surface area contributed by atoms with E-state index < -0.39 is 0 Å². The quantitative estimate of drug-likeness (QED) is 0.600. The number of nitrogens with one attached hydrogen (secondary N) is 1. The van der Waals surface area contributed by atoms with Gasteiger partial charge in [0.2, 0.25) is 5.91 Å². The predicted molar refractivity (Wildman–Crippen MR) is 52.2 cm³/mol. The average Bonchev–Trinajstić information content (AvgIpc) is 2.31. The highest BCUT2D eigenvalue weighted by Gasteiger charge is 2.44. The minimum absolute atomic E-state index is 0. The maximum atomic E-state index is 11.5. The summed E-state index contributed by atoms with van der Waals surface area (Å²) in [5.41, 5.74) is -0.0478. The summed E-state index contributed by atoms with van der Waals surface area (Å²) in [4.78, 5) is 13.4. The summed E-state index contributed by atoms with van der Waals surface area (Å²) in [5, 5.41) is 3.40. The van der Waals surface area contributed by atoms with Crippen LogP contribution in [0.2, 0.25) is 0 Å². The van der Waals surface area contributed by atoms with E-state index in [0.717, 1.165) is 13.1 Å². The third-order valence-electron chi connectivity index (χ3n) is 2.89. The molecule has 3 heteroatoms. The zero-order valence-electron chi connectivity index (χ0n) is 9.42. The number of amides is 1. The van der Waals surface area contributed by atoms with Crippen molar-refractivity contribution in [2.75, 3.05) is 13.1 Å². The highest BCUT2D eigenvalue weighted by molar-refractivity contribution is 5.91. The Morgan fingerprint density at radius 3 is 2.92 bits per heavy atom. The summed E-state index contributed by atoms with van der Waals surface area (Å²) < 4.78 is 0. The first-order valence-electron chi connectivity index (χ1n) is 4.69. The van der Waals surface area contributed by atoms with Crippen LogP contribution in [-0.4, -0.2) is 29.6 Å². The van der Waals surface area contributed by atoms with Gasteiger partial charge in [-0.15, -0.1) is 0 Å². The van der Waals surface area contributed by atoms with Gasteiger partial charge in [0.25, 0.3) is 0 Å². The minimum atomic E-state index is -0.230. The molecule has 1 amide bonds. The van der Waals surface area contributed by atoms with Crippen LogP contribution in [0.4, 0.5) is 0 Å². The lowest BCUT2D eigenvalue weighted by Gasteiger charge is -2.47. The Kier molecular flexibility index (Phi) is 1.58. The van der Waals surface area contributed by atoms with E-state index in [1.165, 1.54) is 0 Å². The zero-order chi connectivity index (χ0) is 9.69. The van der Waals surface area contributed by atoms with Crippen LogP contribution in [0.15, 0.2) is 12.2 Å². The minimum Gasteiger partial charge on any atom is -0.317 e. The molecule has 2 rings (SSSR count). The van der Waals surface area contributed by atoms with Gasteiger partial charge < -0.3 is 4.90 Å². The molecule has 2 heterocycles. The molecule has 13 heavy (non-hydrogen) atoms. The standard InChI is InChI=1S/C10H16N2O/c1-9(2)6-11-10(3)5-4-8(13)12(10)7-9/h4-5,11H,6-7H2,1-3H3/p+1. The Hall–Kier alpha value is -0.830. The molecule has 0 aliphatic carbocycles. The van der Waals surface area contributed by atoms with Crippen LogP contribution in [0.3, 0.4) is 0 Å². The SMILES string of the molecule is CC1(C)CNC2(C)C=CC(=O)N2C1.[H+]. The van der Waals surface area contributed by atoms with E-state index in [1.807, 2.05) is 17.9 Å². The van der Waals surface area contributed by atoms with Crippen molar-refractivity contribution in [3.8, 4) is 0 Å². The Morgan fingerprint density at radius 2 is 2.23 bits per heavy atom. The molecule has 1 unspecified atom stereocenters. The summed E-state index contributed by atoms with van der Waals surface area (Å²) in [6, 6.07) is 0. The normalized spacial score (nSPS) is 36.5. The number of fused-ring (bicyclic) bond motifs is 1. The molecule has 0 bridgehead atoms. The monoisotopic (exact) mass is 181 g/mol. The number of carbonyl (C=O) groups is 1. The highest BCUT2D eigenvalue weighted by atomic mass is 16.2. The molecule has 1 saturated heterocycles. The van der Waals surface area contributed by atoms with Crippen molar-refractivity contribution in [2.24, 2.45) is 5.41 Å². The molecule has 0 aromatic heterocycles. The van der Waals surface area contributed by atoms with Gasteiger partial charge in [0, 0.05) is 19.2 Å². The molecule has 0 saturated carbocycles. The van der Waals surface area contributed by atoms with Crippen molar-refractivity contribution >= 4 is 5.91 Å². The molecular formula is C10H17N2O+. The second-order valence-corrected chi connectivity index (χ2v) is 4.92. The van der Waals surface area contributed by atoms with E-state index in [-0.39, 0.29) is 18.4 Å². The molecule has 3 nitrogen and oxygen atoms in total. The van der Waals surface area contributed by atoms with Crippen molar-refractivity contribution in [3.05, 3.63) is 12.2 Å². The fourth-order valence-corrected chi connectivity index (χ4v) is 1.94. The molecular weight excluding hydrogens is 164 g/mol. The predicted octanol–water partition coefficient (Wildman–Crippen LogP) is 0.843. The van der Waals surface area contributed by atoms with Crippen LogP contribution in [0, 0.1) is 5.41 Å². The number of hydrogen-bond donors (Lipinski definition) is 1. The Labute approximate surface area is 80.3 Å². The van der Waals surface area contributed by atoms with Crippen molar-refractivity contribution in [2.45, 2.75) is 26.4 Å². The molecule has 1 fully saturated rings. The van der Waals surface area contributed by atoms with E-state index in [2.05, 4.69) is 19.2 Å². The number of nitrogens with zero attached hydrogens (tertiary/aromatic N) is 1. The van der Waals surface area contributed by atoms with Gasteiger partial charge in [0.15, 0.2) is 0 Å². The van der Waals surface area contributed by atoms with E-state index in [9.17, 15) is 4.79 Å². The molecule has 0 spiro atoms. The summed E-state index contributed by atoms with van der Waals surface area (Å²) >= 11 is 0. The lowest BCUT2D eigenvalue weighted by Crippen LogP contribution is -2.64. The van der Waals surface area contributed by atoms with Crippen LogP contribution in [0.1, 0.15) is 22.2 Å². The Balaban J connectivity index is 0.000000980. The molecule has 72 valence electrons. The smallest absolute Gasteiger partial charge is 0.317 e. The summed E-state index contributed by atoms with van der Waals surface area (Å²) in [5.74, 6) is 0.128. The van der Waals surface area contributed by atoms with Gasteiger partial charge in [0.05, 0.1) is 0 Å². The average molecular weight is 181 g/mol. The fourth-order valence-electron chi connectivity index (χ4n) is 1.94. The van der Waals surface area contributed by atoms with Gasteiger partial charge in [-0.2, -0.15) is 0 Å². The highest BCUT2D eigenvalue weighted by Crippen LogP contribution is 2.31. The lowest BCUT2D eigenvalue weighted by atomic mass is 9.88. The van der Waals surface area contributed by atoms with Gasteiger partial charge in [0.1, 0.15) is 5.66 Å². The Bertz CT molecular complexity index is 288. The third-order valence-corrected chi connectivity index (χ3v) is 2.89. The van der Waals surface area contributed by atoms with Crippen molar-refractivity contribution in [3.63, 3.8) is 0 Å². The van der Waals surface area contributed by atoms with E-state index in [1.54, 1.807) is 6.08 Å². The second-order valence-electron chi connectivity index (χ2n) is 4.92. The van der Waals surface area contributed by atoms with Crippen molar-refractivity contribution in [1.29, 1.82) is 0 Å². The van der Waals surface area contributed by atoms with Crippen LogP contribution >= 0.6 is 0 Å². The van der Waals surface area contributed by atoms with E-state index >= 15 is 0 Å². The lowest BCUT2D eigenvalue weighted by molar-refractivity contribution is -0.133. The van der Waals surface area contributed by atoms with E-state index in [0.29, 0.717) is 0 Å². The van der Waals surface area contributed by atoms with E-state index in [4.69, 9.17) is 0 Å². The molecule has 1 atom stereocenters. The van der Waals surface area contributed by atoms with Gasteiger partial charge in [-0.1, -0.05) is 13.8 Å². The summed E-state index contributed by atoms with van der Waals surface area (Å²) in [6.07, 6.45) is 3.61. The number of rotatable bonds is 0. The summed E-state index contributed by atoms with van der Waals surface area (Å²) in [7, 11) is 0. The first-order chi connectivity index (χ1) is 5.93. The Morgan fingerprint density at radius 1 is 1.54 bits per heavy atom. The summed E-state index contributed by atoms with van der Waals surface area (Å²) in [6.45, 7) is 8.18. The van der Waals surface area contributed by atoms with Crippen LogP contribution in [0.5, 0.6) is 0 Å². The van der Waals surface area contributed by atoms with Crippen LogP contribution in [-0.2, 0) is 4.79 Å². The first kappa shape index (κ1) is 8.75. The molecule has 2 aliphatic rings. The maximum Gasteiger partial charge on any atom is 1.00 e. The van der Waals surface area contributed by atoms with Gasteiger partial charge >= 0.3 is 1.43 Å². The van der Waals surface area contributed by atoms with Gasteiger partial charge in [-0.05, 0) is 18.4 Å². The molecule has 0 radical (unpaired) electrons. The maximum absolute atomic E-state index is 11.5. The van der Waals surface area contributed by atoms with Crippen LogP contribution in [0.25, 0.3) is 0 Å². The molecule has 0 aromatic rings. The van der Waals surface area contributed by atoms with Crippen molar-refractivity contribution < 1.29 is 6.22 Å². The zero-order valence-corrected chi connectivity index (χ0v) is 8.42. The largest absolute Gasteiger partial charge is 1.00 e. The van der Waals surface area contributed by atoms with Gasteiger partial charge in [-0.25, -0.2) is 0 Å². The molecule has 1 N–H and O–H groups in total. The second kappa shape index (κ2) is 2.35. The first-order valence-corrected chi connectivity index (χ1v) is 4.69. The molecule has 2 aliphatic heterocycles. The topological polar surface area (TPSA) is 32.3 Å². The number of hydrogen-bond acceptors (Lipinski definition) is 2. The number of carbonyl (C=O) groups excluding carboxylic acids is 1. The third kappa shape index (κ3) is 1.27.